The molecule has 0 aliphatic heterocycles. The third-order valence-electron chi connectivity index (χ3n) is 3.35. The Hall–Kier alpha value is -1.33. The molecule has 0 fully saturated rings. The molecule has 5 heteroatoms. The van der Waals surface area contributed by atoms with Gasteiger partial charge in [-0.1, -0.05) is 72.3 Å². The fourth-order valence-electron chi connectivity index (χ4n) is 1.95. The average molecular weight is 344 g/mol. The highest BCUT2D eigenvalue weighted by atomic mass is 16.7. The summed E-state index contributed by atoms with van der Waals surface area (Å²) >= 11 is 0. The molecule has 0 saturated carbocycles. The summed E-state index contributed by atoms with van der Waals surface area (Å²) in [6.07, 6.45) is 10.8. The molecule has 0 aliphatic rings. The Morgan fingerprint density at radius 3 is 2.25 bits per heavy atom. The van der Waals surface area contributed by atoms with Gasteiger partial charge in [-0.3, -0.25) is 4.79 Å². The first-order chi connectivity index (χ1) is 11.7. The molecule has 0 spiro atoms. The topological polar surface area (TPSA) is 71.7 Å². The molecule has 1 aromatic rings. The van der Waals surface area contributed by atoms with E-state index in [4.69, 9.17) is 10.2 Å². The molecule has 0 bridgehead atoms. The van der Waals surface area contributed by atoms with Crippen LogP contribution in [0.4, 0.5) is 0 Å². The molecule has 0 aromatic carbocycles. The molecule has 142 valence electrons. The number of hydrogen-bond acceptors (Lipinski definition) is 4. The normalized spacial score (nSPS) is 10.8. The Morgan fingerprint density at radius 2 is 1.71 bits per heavy atom. The van der Waals surface area contributed by atoms with Gasteiger partial charge in [-0.15, -0.1) is 4.73 Å². The number of hydrogen-bond donors (Lipinski definition) is 2. The number of aliphatic hydroxyl groups is 2. The Kier molecular flexibility index (Phi) is 20.5. The molecule has 1 atom stereocenters. The molecule has 2 N–H and O–H groups in total. The van der Waals surface area contributed by atoms with Crippen LogP contribution in [-0.4, -0.2) is 28.3 Å². The minimum absolute atomic E-state index is 0.295. The van der Waals surface area contributed by atoms with Crippen molar-refractivity contribution in [3.63, 3.8) is 0 Å². The van der Waals surface area contributed by atoms with E-state index in [0.717, 1.165) is 4.73 Å². The van der Waals surface area contributed by atoms with E-state index in [-0.39, 0.29) is 5.56 Å². The molecular weight excluding hydrogens is 306 g/mol. The van der Waals surface area contributed by atoms with Crippen molar-refractivity contribution in [3.05, 3.63) is 34.7 Å². The minimum Gasteiger partial charge on any atom is -0.396 e. The van der Waals surface area contributed by atoms with Crippen molar-refractivity contribution in [2.45, 2.75) is 72.6 Å². The lowest BCUT2D eigenvalue weighted by molar-refractivity contribution is -0.0161. The standard InChI is InChI=1S/C11H24O.C6H7NO3.C2H6/c1-3-4-5-6-7-8-9-11(2)10-12;8-5-10-7-4-2-1-3-6(7)9;1-2/h11-12H,3-10H2,1-2H3;1-4,8H,5H2;1-2H3. The maximum Gasteiger partial charge on any atom is 0.283 e. The summed E-state index contributed by atoms with van der Waals surface area (Å²) in [7, 11) is 0. The third-order valence-corrected chi connectivity index (χ3v) is 3.35. The average Bonchev–Trinajstić information content (AvgIpc) is 2.62. The van der Waals surface area contributed by atoms with Crippen molar-refractivity contribution in [1.82, 2.24) is 4.73 Å². The molecule has 1 rings (SSSR count). The van der Waals surface area contributed by atoms with Crippen LogP contribution in [-0.2, 0) is 0 Å². The molecular formula is C19H37NO4. The van der Waals surface area contributed by atoms with Gasteiger partial charge in [0.2, 0.25) is 6.79 Å². The van der Waals surface area contributed by atoms with Gasteiger partial charge < -0.3 is 15.1 Å². The first-order valence-corrected chi connectivity index (χ1v) is 9.18. The van der Waals surface area contributed by atoms with Gasteiger partial charge >= 0.3 is 0 Å². The predicted octanol–water partition coefficient (Wildman–Crippen LogP) is 3.62. The summed E-state index contributed by atoms with van der Waals surface area (Å²) in [4.78, 5) is 15.2. The molecule has 0 amide bonds. The number of aliphatic hydroxyl groups excluding tert-OH is 2. The summed E-state index contributed by atoms with van der Waals surface area (Å²) in [5, 5.41) is 17.0. The van der Waals surface area contributed by atoms with Gasteiger partial charge in [0.15, 0.2) is 0 Å². The number of aromatic nitrogens is 1. The van der Waals surface area contributed by atoms with Gasteiger partial charge in [-0.05, 0) is 18.4 Å². The first kappa shape index (κ1) is 24.9. The quantitative estimate of drug-likeness (QED) is 0.503. The van der Waals surface area contributed by atoms with E-state index in [1.807, 2.05) is 13.8 Å². The zero-order valence-electron chi connectivity index (χ0n) is 15.9. The van der Waals surface area contributed by atoms with Crippen molar-refractivity contribution in [3.8, 4) is 0 Å². The van der Waals surface area contributed by atoms with Crippen LogP contribution in [0.3, 0.4) is 0 Å². The Morgan fingerprint density at radius 1 is 1.08 bits per heavy atom. The van der Waals surface area contributed by atoms with Crippen LogP contribution in [0.1, 0.15) is 72.6 Å². The van der Waals surface area contributed by atoms with E-state index in [9.17, 15) is 4.79 Å². The van der Waals surface area contributed by atoms with E-state index in [0.29, 0.717) is 12.5 Å². The summed E-state index contributed by atoms with van der Waals surface area (Å²) in [6, 6.07) is 4.58. The maximum absolute atomic E-state index is 10.7. The van der Waals surface area contributed by atoms with Crippen molar-refractivity contribution in [1.29, 1.82) is 0 Å². The van der Waals surface area contributed by atoms with Crippen LogP contribution in [0, 0.1) is 5.92 Å². The Labute approximate surface area is 147 Å². The van der Waals surface area contributed by atoms with Crippen LogP contribution >= 0.6 is 0 Å². The Balaban J connectivity index is 0. The van der Waals surface area contributed by atoms with E-state index in [2.05, 4.69) is 18.7 Å². The second-order valence-electron chi connectivity index (χ2n) is 5.47. The SMILES string of the molecule is CC.CCCCCCCCC(C)CO.O=c1ccccn1OCO. The highest BCUT2D eigenvalue weighted by Crippen LogP contribution is 2.11. The van der Waals surface area contributed by atoms with Crippen molar-refractivity contribution < 1.29 is 15.1 Å². The molecule has 0 radical (unpaired) electrons. The van der Waals surface area contributed by atoms with Gasteiger partial charge in [0, 0.05) is 18.9 Å². The van der Waals surface area contributed by atoms with Gasteiger partial charge in [0.25, 0.3) is 5.56 Å². The maximum atomic E-state index is 10.7. The number of unbranched alkanes of at least 4 members (excludes halogenated alkanes) is 5. The van der Waals surface area contributed by atoms with Gasteiger partial charge in [0.1, 0.15) is 0 Å². The predicted molar refractivity (Wildman–Crippen MR) is 100.0 cm³/mol. The van der Waals surface area contributed by atoms with Crippen molar-refractivity contribution in [2.24, 2.45) is 5.92 Å². The van der Waals surface area contributed by atoms with Crippen LogP contribution in [0.5, 0.6) is 0 Å². The lowest BCUT2D eigenvalue weighted by Crippen LogP contribution is -2.25. The molecule has 5 nitrogen and oxygen atoms in total. The zero-order chi connectivity index (χ0) is 18.6. The number of nitrogens with zero attached hydrogens (tertiary/aromatic N) is 1. The van der Waals surface area contributed by atoms with Crippen LogP contribution in [0.2, 0.25) is 0 Å². The van der Waals surface area contributed by atoms with E-state index < -0.39 is 6.79 Å². The first-order valence-electron chi connectivity index (χ1n) is 9.18. The van der Waals surface area contributed by atoms with Gasteiger partial charge in [0.05, 0.1) is 0 Å². The smallest absolute Gasteiger partial charge is 0.283 e. The van der Waals surface area contributed by atoms with Crippen LogP contribution in [0.15, 0.2) is 29.2 Å². The highest BCUT2D eigenvalue weighted by molar-refractivity contribution is 4.91. The van der Waals surface area contributed by atoms with Gasteiger partial charge in [-0.25, -0.2) is 0 Å². The Bertz CT molecular complexity index is 406. The second-order valence-corrected chi connectivity index (χ2v) is 5.47. The lowest BCUT2D eigenvalue weighted by Gasteiger charge is -2.06. The molecule has 0 saturated heterocycles. The molecule has 1 aromatic heterocycles. The summed E-state index contributed by atoms with van der Waals surface area (Å²) in [5.41, 5.74) is -0.295. The third kappa shape index (κ3) is 15.6. The van der Waals surface area contributed by atoms with E-state index >= 15 is 0 Å². The molecule has 0 aliphatic carbocycles. The zero-order valence-corrected chi connectivity index (χ0v) is 15.9. The summed E-state index contributed by atoms with van der Waals surface area (Å²) in [5.74, 6) is 0.510. The van der Waals surface area contributed by atoms with Crippen molar-refractivity contribution >= 4 is 0 Å². The molecule has 1 heterocycles. The van der Waals surface area contributed by atoms with Gasteiger partial charge in [-0.2, -0.15) is 0 Å². The fourth-order valence-corrected chi connectivity index (χ4v) is 1.95. The number of pyridine rings is 1. The summed E-state index contributed by atoms with van der Waals surface area (Å²) in [6.45, 7) is 8.22. The van der Waals surface area contributed by atoms with Crippen LogP contribution < -0.4 is 10.4 Å². The molecule has 24 heavy (non-hydrogen) atoms. The van der Waals surface area contributed by atoms with Crippen LogP contribution in [0.25, 0.3) is 0 Å². The second kappa shape index (κ2) is 19.7. The van der Waals surface area contributed by atoms with E-state index in [1.165, 1.54) is 57.2 Å². The molecule has 1 unspecified atom stereocenters. The summed E-state index contributed by atoms with van der Waals surface area (Å²) < 4.78 is 0.958. The lowest BCUT2D eigenvalue weighted by atomic mass is 10.0. The monoisotopic (exact) mass is 343 g/mol. The van der Waals surface area contributed by atoms with Crippen molar-refractivity contribution in [2.75, 3.05) is 13.4 Å². The number of rotatable bonds is 10. The van der Waals surface area contributed by atoms with E-state index in [1.54, 1.807) is 12.1 Å². The minimum atomic E-state index is -0.496. The fraction of sp³-hybridized carbons (Fsp3) is 0.737. The highest BCUT2D eigenvalue weighted by Gasteiger charge is 1.98. The largest absolute Gasteiger partial charge is 0.396 e.